The number of nitrogens with zero attached hydrogens (tertiary/aromatic N) is 2. The van der Waals surface area contributed by atoms with Gasteiger partial charge >= 0.3 is 0 Å². The van der Waals surface area contributed by atoms with Crippen LogP contribution in [-0.4, -0.2) is 24.3 Å². The molecule has 0 saturated heterocycles. The molecule has 2 aromatic rings. The van der Waals surface area contributed by atoms with Crippen molar-refractivity contribution < 1.29 is 18.0 Å². The van der Waals surface area contributed by atoms with E-state index in [0.717, 1.165) is 6.07 Å². The molecule has 2 rings (SSSR count). The first-order valence-corrected chi connectivity index (χ1v) is 7.35. The van der Waals surface area contributed by atoms with Gasteiger partial charge in [-0.3, -0.25) is 4.72 Å². The largest absolute Gasteiger partial charge is 0.411 e. The number of anilines is 1. The van der Waals surface area contributed by atoms with Crippen LogP contribution < -0.4 is 4.72 Å². The van der Waals surface area contributed by atoms with Gasteiger partial charge in [0, 0.05) is 17.4 Å². The minimum Gasteiger partial charge on any atom is -0.411 e. The molecule has 2 N–H and O–H groups in total. The minimum atomic E-state index is -4.13. The molecule has 1 aromatic carbocycles. The molecule has 0 aliphatic rings. The Morgan fingerprint density at radius 2 is 2.10 bits per heavy atom. The van der Waals surface area contributed by atoms with Crippen molar-refractivity contribution in [3.8, 4) is 0 Å². The van der Waals surface area contributed by atoms with Crippen LogP contribution in [0.5, 0.6) is 0 Å². The molecule has 0 bridgehead atoms. The fraction of sp³-hybridized carbons (Fsp3) is 0.0769. The number of nitrogens with one attached hydrogen (secondary N) is 1. The van der Waals surface area contributed by atoms with Crippen molar-refractivity contribution in [1.29, 1.82) is 0 Å². The van der Waals surface area contributed by atoms with Crippen LogP contribution in [0.3, 0.4) is 0 Å². The van der Waals surface area contributed by atoms with E-state index in [2.05, 4.69) is 14.9 Å². The second-order valence-corrected chi connectivity index (χ2v) is 5.76. The lowest BCUT2D eigenvalue weighted by Crippen LogP contribution is -2.16. The zero-order chi connectivity index (χ0) is 15.5. The van der Waals surface area contributed by atoms with E-state index in [1.807, 2.05) is 0 Å². The minimum absolute atomic E-state index is 0.209. The van der Waals surface area contributed by atoms with Crippen LogP contribution in [0.2, 0.25) is 0 Å². The van der Waals surface area contributed by atoms with Crippen molar-refractivity contribution in [3.05, 3.63) is 54.0 Å². The zero-order valence-corrected chi connectivity index (χ0v) is 11.8. The Balaban J connectivity index is 2.36. The SMILES string of the molecule is C/C(=N/O)c1cccc(NS(=O)(=O)c2ncccc2F)c1. The maximum absolute atomic E-state index is 13.5. The maximum Gasteiger partial charge on any atom is 0.282 e. The molecular weight excluding hydrogens is 297 g/mol. The molecule has 0 aliphatic carbocycles. The lowest BCUT2D eigenvalue weighted by Gasteiger charge is -2.09. The molecule has 0 saturated carbocycles. The molecule has 110 valence electrons. The highest BCUT2D eigenvalue weighted by atomic mass is 32.2. The van der Waals surface area contributed by atoms with Gasteiger partial charge in [-0.2, -0.15) is 8.42 Å². The number of hydrogen-bond donors (Lipinski definition) is 2. The summed E-state index contributed by atoms with van der Waals surface area (Å²) in [4.78, 5) is 3.53. The number of benzene rings is 1. The third kappa shape index (κ3) is 3.34. The zero-order valence-electron chi connectivity index (χ0n) is 11.0. The molecule has 0 unspecified atom stereocenters. The van der Waals surface area contributed by atoms with Crippen molar-refractivity contribution in [3.63, 3.8) is 0 Å². The van der Waals surface area contributed by atoms with Crippen LogP contribution >= 0.6 is 0 Å². The van der Waals surface area contributed by atoms with E-state index in [0.29, 0.717) is 11.3 Å². The molecule has 1 heterocycles. The van der Waals surface area contributed by atoms with E-state index in [9.17, 15) is 12.8 Å². The number of aromatic nitrogens is 1. The van der Waals surface area contributed by atoms with Gasteiger partial charge in [-0.1, -0.05) is 17.3 Å². The van der Waals surface area contributed by atoms with Crippen LogP contribution in [0.25, 0.3) is 0 Å². The summed E-state index contributed by atoms with van der Waals surface area (Å²) in [5.74, 6) is -0.936. The van der Waals surface area contributed by atoms with Crippen LogP contribution in [-0.2, 0) is 10.0 Å². The van der Waals surface area contributed by atoms with Gasteiger partial charge in [-0.05, 0) is 31.2 Å². The topological polar surface area (TPSA) is 91.7 Å². The van der Waals surface area contributed by atoms with Gasteiger partial charge in [0.25, 0.3) is 10.0 Å². The van der Waals surface area contributed by atoms with Crippen molar-refractivity contribution >= 4 is 21.4 Å². The lowest BCUT2D eigenvalue weighted by molar-refractivity contribution is 0.319. The molecule has 0 radical (unpaired) electrons. The van der Waals surface area contributed by atoms with Gasteiger partial charge in [-0.15, -0.1) is 0 Å². The second kappa shape index (κ2) is 5.88. The summed E-state index contributed by atoms with van der Waals surface area (Å²) in [7, 11) is -4.13. The molecule has 1 aromatic heterocycles. The summed E-state index contributed by atoms with van der Waals surface area (Å²) in [6.07, 6.45) is 1.19. The smallest absolute Gasteiger partial charge is 0.282 e. The van der Waals surface area contributed by atoms with Gasteiger partial charge in [0.15, 0.2) is 5.82 Å². The van der Waals surface area contributed by atoms with Gasteiger partial charge in [-0.25, -0.2) is 9.37 Å². The van der Waals surface area contributed by atoms with E-state index in [1.165, 1.54) is 24.4 Å². The maximum atomic E-state index is 13.5. The van der Waals surface area contributed by atoms with Crippen LogP contribution in [0.1, 0.15) is 12.5 Å². The fourth-order valence-electron chi connectivity index (χ4n) is 1.64. The predicted molar refractivity (Wildman–Crippen MR) is 75.4 cm³/mol. The number of pyridine rings is 1. The fourth-order valence-corrected chi connectivity index (χ4v) is 2.70. The Labute approximate surface area is 121 Å². The van der Waals surface area contributed by atoms with Crippen molar-refractivity contribution in [2.45, 2.75) is 11.9 Å². The van der Waals surface area contributed by atoms with Gasteiger partial charge < -0.3 is 5.21 Å². The highest BCUT2D eigenvalue weighted by molar-refractivity contribution is 7.92. The number of hydrogen-bond acceptors (Lipinski definition) is 5. The van der Waals surface area contributed by atoms with Gasteiger partial charge in [0.2, 0.25) is 5.03 Å². The number of sulfonamides is 1. The summed E-state index contributed by atoms with van der Waals surface area (Å²) >= 11 is 0. The molecule has 6 nitrogen and oxygen atoms in total. The Kier molecular flexibility index (Phi) is 4.18. The summed E-state index contributed by atoms with van der Waals surface area (Å²) in [6.45, 7) is 1.56. The molecule has 8 heteroatoms. The lowest BCUT2D eigenvalue weighted by atomic mass is 10.1. The van der Waals surface area contributed by atoms with E-state index in [1.54, 1.807) is 19.1 Å². The normalized spacial score (nSPS) is 12.2. The Morgan fingerprint density at radius 3 is 2.76 bits per heavy atom. The first-order valence-electron chi connectivity index (χ1n) is 5.86. The quantitative estimate of drug-likeness (QED) is 0.514. The Morgan fingerprint density at radius 1 is 1.33 bits per heavy atom. The number of halogens is 1. The Hall–Kier alpha value is -2.48. The monoisotopic (exact) mass is 309 g/mol. The number of oxime groups is 1. The summed E-state index contributed by atoms with van der Waals surface area (Å²) < 4.78 is 39.9. The molecular formula is C13H12FN3O3S. The third-order valence-corrected chi connectivity index (χ3v) is 3.98. The first kappa shape index (κ1) is 14.9. The summed E-state index contributed by atoms with van der Waals surface area (Å²) in [5.41, 5.74) is 1.06. The first-order chi connectivity index (χ1) is 9.94. The van der Waals surface area contributed by atoms with Crippen molar-refractivity contribution in [1.82, 2.24) is 4.98 Å². The van der Waals surface area contributed by atoms with E-state index in [-0.39, 0.29) is 5.69 Å². The summed E-state index contributed by atoms with van der Waals surface area (Å²) in [6, 6.07) is 8.50. The van der Waals surface area contributed by atoms with Crippen LogP contribution in [0, 0.1) is 5.82 Å². The predicted octanol–water partition coefficient (Wildman–Crippen LogP) is 2.22. The highest BCUT2D eigenvalue weighted by Gasteiger charge is 2.20. The van der Waals surface area contributed by atoms with Crippen LogP contribution in [0.4, 0.5) is 10.1 Å². The van der Waals surface area contributed by atoms with E-state index in [4.69, 9.17) is 5.21 Å². The Bertz CT molecular complexity index is 791. The molecule has 21 heavy (non-hydrogen) atoms. The van der Waals surface area contributed by atoms with Crippen molar-refractivity contribution in [2.24, 2.45) is 5.16 Å². The van der Waals surface area contributed by atoms with Gasteiger partial charge in [0.05, 0.1) is 5.71 Å². The second-order valence-electron chi connectivity index (χ2n) is 4.16. The third-order valence-electron chi connectivity index (χ3n) is 2.66. The van der Waals surface area contributed by atoms with Crippen molar-refractivity contribution in [2.75, 3.05) is 4.72 Å². The van der Waals surface area contributed by atoms with E-state index < -0.39 is 20.9 Å². The van der Waals surface area contributed by atoms with Crippen LogP contribution in [0.15, 0.2) is 52.8 Å². The summed E-state index contributed by atoms with van der Waals surface area (Å²) in [5, 5.41) is 11.1. The molecule has 0 spiro atoms. The standard InChI is InChI=1S/C13H12FN3O3S/c1-9(16-18)10-4-2-5-11(8-10)17-21(19,20)13-12(14)6-3-7-15-13/h2-8,17-18H,1H3/b16-9-. The average Bonchev–Trinajstić information content (AvgIpc) is 2.46. The molecule has 0 atom stereocenters. The molecule has 0 aliphatic heterocycles. The average molecular weight is 309 g/mol. The highest BCUT2D eigenvalue weighted by Crippen LogP contribution is 2.18. The van der Waals surface area contributed by atoms with Gasteiger partial charge in [0.1, 0.15) is 0 Å². The molecule has 0 fully saturated rings. The number of rotatable bonds is 4. The molecule has 0 amide bonds. The van der Waals surface area contributed by atoms with E-state index >= 15 is 0 Å².